The van der Waals surface area contributed by atoms with Gasteiger partial charge in [0, 0.05) is 23.8 Å². The number of anilines is 2. The molecule has 1 aliphatic rings. The minimum atomic E-state index is -0.113. The van der Waals surface area contributed by atoms with Crippen LogP contribution in [0.1, 0.15) is 5.56 Å². The number of carbonyl (C=O) groups is 1. The molecule has 0 radical (unpaired) electrons. The summed E-state index contributed by atoms with van der Waals surface area (Å²) in [4.78, 5) is 14.5. The van der Waals surface area contributed by atoms with Gasteiger partial charge in [-0.05, 0) is 35.9 Å². The summed E-state index contributed by atoms with van der Waals surface area (Å²) in [7, 11) is 0. The van der Waals surface area contributed by atoms with Crippen molar-refractivity contribution in [3.63, 3.8) is 0 Å². The molecular formula is C18H18Cl2N2O2. The average Bonchev–Trinajstić information content (AvgIpc) is 2.60. The molecule has 0 spiro atoms. The monoisotopic (exact) mass is 364 g/mol. The number of rotatable bonds is 4. The summed E-state index contributed by atoms with van der Waals surface area (Å²) in [6.45, 7) is 3.08. The summed E-state index contributed by atoms with van der Waals surface area (Å²) >= 11 is 12.1. The number of morpholine rings is 1. The van der Waals surface area contributed by atoms with Gasteiger partial charge in [-0.2, -0.15) is 0 Å². The lowest BCUT2D eigenvalue weighted by Crippen LogP contribution is -2.36. The highest BCUT2D eigenvalue weighted by atomic mass is 35.5. The van der Waals surface area contributed by atoms with Gasteiger partial charge in [0.2, 0.25) is 5.91 Å². The Kier molecular flexibility index (Phi) is 5.61. The minimum Gasteiger partial charge on any atom is -0.378 e. The van der Waals surface area contributed by atoms with E-state index in [9.17, 15) is 4.79 Å². The molecule has 2 aromatic carbocycles. The van der Waals surface area contributed by atoms with Crippen molar-refractivity contribution in [2.45, 2.75) is 6.42 Å². The van der Waals surface area contributed by atoms with Gasteiger partial charge in [0.1, 0.15) is 0 Å². The van der Waals surface area contributed by atoms with Crippen molar-refractivity contribution in [1.82, 2.24) is 0 Å². The van der Waals surface area contributed by atoms with Gasteiger partial charge in [-0.25, -0.2) is 0 Å². The van der Waals surface area contributed by atoms with Crippen molar-refractivity contribution in [3.05, 3.63) is 58.1 Å². The largest absolute Gasteiger partial charge is 0.378 e. The fourth-order valence-corrected chi connectivity index (χ4v) is 2.90. The normalized spacial score (nSPS) is 14.5. The zero-order valence-electron chi connectivity index (χ0n) is 13.1. The molecule has 1 aliphatic heterocycles. The van der Waals surface area contributed by atoms with Crippen LogP contribution >= 0.6 is 23.2 Å². The van der Waals surface area contributed by atoms with Gasteiger partial charge in [0.25, 0.3) is 0 Å². The molecule has 1 saturated heterocycles. The Labute approximate surface area is 151 Å². The van der Waals surface area contributed by atoms with E-state index in [1.807, 2.05) is 30.3 Å². The molecule has 0 unspecified atom stereocenters. The molecular weight excluding hydrogens is 347 g/mol. The first-order valence-corrected chi connectivity index (χ1v) is 8.54. The van der Waals surface area contributed by atoms with Gasteiger partial charge in [0.15, 0.2) is 0 Å². The molecule has 0 saturated carbocycles. The van der Waals surface area contributed by atoms with E-state index in [-0.39, 0.29) is 12.3 Å². The zero-order valence-corrected chi connectivity index (χ0v) is 14.6. The molecule has 1 N–H and O–H groups in total. The first kappa shape index (κ1) is 17.1. The molecule has 1 amide bonds. The third-order valence-electron chi connectivity index (χ3n) is 3.88. The molecule has 0 bridgehead atoms. The lowest BCUT2D eigenvalue weighted by atomic mass is 10.1. The summed E-state index contributed by atoms with van der Waals surface area (Å²) < 4.78 is 5.37. The minimum absolute atomic E-state index is 0.113. The average molecular weight is 365 g/mol. The number of amides is 1. The van der Waals surface area contributed by atoms with Crippen LogP contribution in [-0.4, -0.2) is 32.2 Å². The number of nitrogens with zero attached hydrogens (tertiary/aromatic N) is 1. The van der Waals surface area contributed by atoms with Crippen molar-refractivity contribution in [2.24, 2.45) is 0 Å². The van der Waals surface area contributed by atoms with Gasteiger partial charge in [0.05, 0.1) is 30.3 Å². The Balaban J connectivity index is 1.69. The summed E-state index contributed by atoms with van der Waals surface area (Å²) in [5.74, 6) is -0.113. The molecule has 1 fully saturated rings. The molecule has 0 atom stereocenters. The topological polar surface area (TPSA) is 41.6 Å². The fourth-order valence-electron chi connectivity index (χ4n) is 2.61. The first-order valence-electron chi connectivity index (χ1n) is 7.78. The van der Waals surface area contributed by atoms with E-state index in [2.05, 4.69) is 10.2 Å². The maximum absolute atomic E-state index is 12.3. The number of benzene rings is 2. The predicted octanol–water partition coefficient (Wildman–Crippen LogP) is 4.01. The van der Waals surface area contributed by atoms with Crippen LogP contribution in [0, 0.1) is 0 Å². The lowest BCUT2D eigenvalue weighted by molar-refractivity contribution is -0.115. The van der Waals surface area contributed by atoms with Crippen molar-refractivity contribution >= 4 is 40.5 Å². The van der Waals surface area contributed by atoms with Crippen LogP contribution in [0.5, 0.6) is 0 Å². The molecule has 0 aromatic heterocycles. The van der Waals surface area contributed by atoms with Gasteiger partial charge in [-0.1, -0.05) is 35.3 Å². The van der Waals surface area contributed by atoms with E-state index < -0.39 is 0 Å². The molecule has 0 aliphatic carbocycles. The summed E-state index contributed by atoms with van der Waals surface area (Å²) in [6.07, 6.45) is 0.273. The Morgan fingerprint density at radius 3 is 2.50 bits per heavy atom. The van der Waals surface area contributed by atoms with E-state index in [4.69, 9.17) is 27.9 Å². The molecule has 3 rings (SSSR count). The first-order chi connectivity index (χ1) is 11.6. The SMILES string of the molecule is O=C(Cc1ccc(Cl)cc1)Nc1cc(N2CCOCC2)ccc1Cl. The van der Waals surface area contributed by atoms with Gasteiger partial charge in [-0.3, -0.25) is 4.79 Å². The molecule has 4 nitrogen and oxygen atoms in total. The van der Waals surface area contributed by atoms with Crippen LogP contribution in [-0.2, 0) is 16.0 Å². The quantitative estimate of drug-likeness (QED) is 0.890. The Morgan fingerprint density at radius 2 is 1.79 bits per heavy atom. The second kappa shape index (κ2) is 7.88. The number of carbonyl (C=O) groups excluding carboxylic acids is 1. The van der Waals surface area contributed by atoms with Crippen molar-refractivity contribution < 1.29 is 9.53 Å². The second-order valence-corrected chi connectivity index (χ2v) is 6.46. The Hall–Kier alpha value is -1.75. The van der Waals surface area contributed by atoms with Crippen LogP contribution in [0.25, 0.3) is 0 Å². The summed E-state index contributed by atoms with van der Waals surface area (Å²) in [5.41, 5.74) is 2.56. The summed E-state index contributed by atoms with van der Waals surface area (Å²) in [6, 6.07) is 12.9. The third-order valence-corrected chi connectivity index (χ3v) is 4.46. The highest BCUT2D eigenvalue weighted by Gasteiger charge is 2.14. The van der Waals surface area contributed by atoms with Gasteiger partial charge < -0.3 is 15.0 Å². The maximum Gasteiger partial charge on any atom is 0.228 e. The maximum atomic E-state index is 12.3. The van der Waals surface area contributed by atoms with Crippen LogP contribution < -0.4 is 10.2 Å². The third kappa shape index (κ3) is 4.41. The summed E-state index contributed by atoms with van der Waals surface area (Å²) in [5, 5.41) is 4.07. The highest BCUT2D eigenvalue weighted by Crippen LogP contribution is 2.28. The zero-order chi connectivity index (χ0) is 16.9. The van der Waals surface area contributed by atoms with Gasteiger partial charge >= 0.3 is 0 Å². The fraction of sp³-hybridized carbons (Fsp3) is 0.278. The highest BCUT2D eigenvalue weighted by molar-refractivity contribution is 6.33. The number of nitrogens with one attached hydrogen (secondary N) is 1. The van der Waals surface area contributed by atoms with Crippen LogP contribution in [0.15, 0.2) is 42.5 Å². The molecule has 126 valence electrons. The van der Waals surface area contributed by atoms with Crippen LogP contribution in [0.3, 0.4) is 0 Å². The standard InChI is InChI=1S/C18H18Cl2N2O2/c19-14-3-1-13(2-4-14)11-18(23)21-17-12-15(5-6-16(17)20)22-7-9-24-10-8-22/h1-6,12H,7-11H2,(H,21,23). The van der Waals surface area contributed by atoms with Crippen molar-refractivity contribution in [2.75, 3.05) is 36.5 Å². The number of ether oxygens (including phenoxy) is 1. The predicted molar refractivity (Wildman–Crippen MR) is 98.3 cm³/mol. The molecule has 1 heterocycles. The van der Waals surface area contributed by atoms with E-state index in [1.165, 1.54) is 0 Å². The lowest BCUT2D eigenvalue weighted by Gasteiger charge is -2.29. The van der Waals surface area contributed by atoms with Crippen LogP contribution in [0.4, 0.5) is 11.4 Å². The Bertz CT molecular complexity index is 713. The number of hydrogen-bond donors (Lipinski definition) is 1. The number of halogens is 2. The molecule has 2 aromatic rings. The van der Waals surface area contributed by atoms with Crippen LogP contribution in [0.2, 0.25) is 10.0 Å². The number of hydrogen-bond acceptors (Lipinski definition) is 3. The van der Waals surface area contributed by atoms with E-state index in [0.29, 0.717) is 28.9 Å². The molecule has 6 heteroatoms. The van der Waals surface area contributed by atoms with E-state index >= 15 is 0 Å². The van der Waals surface area contributed by atoms with E-state index in [1.54, 1.807) is 12.1 Å². The van der Waals surface area contributed by atoms with E-state index in [0.717, 1.165) is 24.3 Å². The second-order valence-electron chi connectivity index (χ2n) is 5.61. The smallest absolute Gasteiger partial charge is 0.228 e. The van der Waals surface area contributed by atoms with Crippen molar-refractivity contribution in [3.8, 4) is 0 Å². The molecule has 24 heavy (non-hydrogen) atoms. The van der Waals surface area contributed by atoms with Crippen molar-refractivity contribution in [1.29, 1.82) is 0 Å². The van der Waals surface area contributed by atoms with Gasteiger partial charge in [-0.15, -0.1) is 0 Å². The Morgan fingerprint density at radius 1 is 1.08 bits per heavy atom.